The number of halogens is 1. The van der Waals surface area contributed by atoms with Crippen molar-refractivity contribution in [3.63, 3.8) is 0 Å². The van der Waals surface area contributed by atoms with Gasteiger partial charge in [-0.05, 0) is 48.9 Å². The minimum Gasteiger partial charge on any atom is -0.497 e. The molecule has 1 saturated carbocycles. The molecule has 0 bridgehead atoms. The van der Waals surface area contributed by atoms with Crippen LogP contribution in [0.5, 0.6) is 5.75 Å². The summed E-state index contributed by atoms with van der Waals surface area (Å²) in [6.45, 7) is 2.74. The van der Waals surface area contributed by atoms with Crippen molar-refractivity contribution in [1.29, 1.82) is 0 Å². The highest BCUT2D eigenvalue weighted by atomic mass is 35.5. The number of nitrogens with two attached hydrogens (primary N) is 1. The molecule has 0 spiro atoms. The molecule has 5 heteroatoms. The van der Waals surface area contributed by atoms with Gasteiger partial charge in [0.2, 0.25) is 5.91 Å². The van der Waals surface area contributed by atoms with Gasteiger partial charge < -0.3 is 15.8 Å². The first kappa shape index (κ1) is 19.8. The van der Waals surface area contributed by atoms with E-state index in [9.17, 15) is 4.79 Å². The standard InChI is InChI=1S/C18H28N2O2.ClH/c1-13(14-7-5-8-16(11-14)22-2)10-18(21)20-17-9-4-3-6-15(17)12-19;/h5,7-8,11,13,15,17H,3-4,6,9-10,12,19H2,1-2H3,(H,20,21);1H. The van der Waals surface area contributed by atoms with Crippen molar-refractivity contribution < 1.29 is 9.53 Å². The van der Waals surface area contributed by atoms with E-state index in [1.165, 1.54) is 12.8 Å². The minimum atomic E-state index is 0. The molecule has 3 N–H and O–H groups in total. The molecular weight excluding hydrogens is 312 g/mol. The highest BCUT2D eigenvalue weighted by Crippen LogP contribution is 2.25. The van der Waals surface area contributed by atoms with Crippen molar-refractivity contribution in [2.24, 2.45) is 11.7 Å². The molecule has 1 aliphatic rings. The van der Waals surface area contributed by atoms with E-state index in [0.29, 0.717) is 18.9 Å². The third-order valence-corrected chi connectivity index (χ3v) is 4.71. The Kier molecular flexibility index (Phi) is 8.42. The number of nitrogens with one attached hydrogen (secondary N) is 1. The lowest BCUT2D eigenvalue weighted by Crippen LogP contribution is -2.44. The zero-order valence-electron chi connectivity index (χ0n) is 14.1. The predicted molar refractivity (Wildman–Crippen MR) is 96.2 cm³/mol. The van der Waals surface area contributed by atoms with Gasteiger partial charge in [-0.1, -0.05) is 31.9 Å². The molecule has 1 aromatic carbocycles. The molecule has 0 heterocycles. The maximum atomic E-state index is 12.3. The third-order valence-electron chi connectivity index (χ3n) is 4.71. The number of ether oxygens (including phenoxy) is 1. The van der Waals surface area contributed by atoms with Gasteiger partial charge in [0.05, 0.1) is 7.11 Å². The third kappa shape index (κ3) is 5.70. The van der Waals surface area contributed by atoms with Crippen LogP contribution in [0.15, 0.2) is 24.3 Å². The van der Waals surface area contributed by atoms with Crippen LogP contribution < -0.4 is 15.8 Å². The highest BCUT2D eigenvalue weighted by molar-refractivity contribution is 5.85. The van der Waals surface area contributed by atoms with Crippen LogP contribution in [0.25, 0.3) is 0 Å². The Labute approximate surface area is 145 Å². The number of benzene rings is 1. The fourth-order valence-corrected chi connectivity index (χ4v) is 3.29. The predicted octanol–water partition coefficient (Wildman–Crippen LogP) is 3.24. The van der Waals surface area contributed by atoms with E-state index in [-0.39, 0.29) is 30.3 Å². The molecule has 0 radical (unpaired) electrons. The average Bonchev–Trinajstić information content (AvgIpc) is 2.55. The molecule has 1 fully saturated rings. The molecule has 2 rings (SSSR count). The van der Waals surface area contributed by atoms with Crippen molar-refractivity contribution in [3.8, 4) is 5.75 Å². The fraction of sp³-hybridized carbons (Fsp3) is 0.611. The number of carbonyl (C=O) groups excluding carboxylic acids is 1. The second-order valence-electron chi connectivity index (χ2n) is 6.34. The van der Waals surface area contributed by atoms with Crippen LogP contribution in [0.1, 0.15) is 50.5 Å². The van der Waals surface area contributed by atoms with Crippen LogP contribution in [0, 0.1) is 5.92 Å². The summed E-state index contributed by atoms with van der Waals surface area (Å²) < 4.78 is 5.25. The van der Waals surface area contributed by atoms with Crippen molar-refractivity contribution in [2.45, 2.75) is 51.0 Å². The Morgan fingerprint density at radius 1 is 1.39 bits per heavy atom. The monoisotopic (exact) mass is 340 g/mol. The quantitative estimate of drug-likeness (QED) is 0.835. The number of carbonyl (C=O) groups is 1. The average molecular weight is 341 g/mol. The van der Waals surface area contributed by atoms with Gasteiger partial charge in [0.25, 0.3) is 0 Å². The molecule has 1 aromatic rings. The molecule has 1 aliphatic carbocycles. The molecule has 4 nitrogen and oxygen atoms in total. The number of rotatable bonds is 6. The second-order valence-corrected chi connectivity index (χ2v) is 6.34. The molecule has 0 saturated heterocycles. The van der Waals surface area contributed by atoms with E-state index in [1.807, 2.05) is 24.3 Å². The molecule has 23 heavy (non-hydrogen) atoms. The van der Waals surface area contributed by atoms with Crippen LogP contribution in [0.2, 0.25) is 0 Å². The zero-order chi connectivity index (χ0) is 15.9. The zero-order valence-corrected chi connectivity index (χ0v) is 14.9. The number of hydrogen-bond donors (Lipinski definition) is 2. The number of methoxy groups -OCH3 is 1. The molecule has 3 atom stereocenters. The van der Waals surface area contributed by atoms with Crippen LogP contribution in [0.3, 0.4) is 0 Å². The second kappa shape index (κ2) is 9.78. The SMILES string of the molecule is COc1cccc(C(C)CC(=O)NC2CCCCC2CN)c1.Cl. The topological polar surface area (TPSA) is 64.3 Å². The summed E-state index contributed by atoms with van der Waals surface area (Å²) in [6.07, 6.45) is 5.11. The Hall–Kier alpha value is -1.26. The largest absolute Gasteiger partial charge is 0.497 e. The summed E-state index contributed by atoms with van der Waals surface area (Å²) in [6, 6.07) is 8.19. The summed E-state index contributed by atoms with van der Waals surface area (Å²) >= 11 is 0. The van der Waals surface area contributed by atoms with Crippen LogP contribution >= 0.6 is 12.4 Å². The van der Waals surface area contributed by atoms with Crippen LogP contribution in [-0.4, -0.2) is 25.6 Å². The first-order valence-electron chi connectivity index (χ1n) is 8.27. The molecule has 130 valence electrons. The Bertz CT molecular complexity index is 496. The lowest BCUT2D eigenvalue weighted by atomic mass is 9.84. The molecular formula is C18H29ClN2O2. The highest BCUT2D eigenvalue weighted by Gasteiger charge is 2.25. The van der Waals surface area contributed by atoms with Crippen LogP contribution in [-0.2, 0) is 4.79 Å². The Morgan fingerprint density at radius 3 is 2.83 bits per heavy atom. The van der Waals surface area contributed by atoms with Gasteiger partial charge in [-0.3, -0.25) is 4.79 Å². The lowest BCUT2D eigenvalue weighted by Gasteiger charge is -2.31. The molecule has 0 aliphatic heterocycles. The van der Waals surface area contributed by atoms with Gasteiger partial charge in [0.1, 0.15) is 5.75 Å². The summed E-state index contributed by atoms with van der Waals surface area (Å²) in [5.74, 6) is 1.57. The molecule has 0 aromatic heterocycles. The van der Waals surface area contributed by atoms with Crippen LogP contribution in [0.4, 0.5) is 0 Å². The number of hydrogen-bond acceptors (Lipinski definition) is 3. The maximum absolute atomic E-state index is 12.3. The van der Waals surface area contributed by atoms with Gasteiger partial charge in [0, 0.05) is 12.5 Å². The molecule has 1 amide bonds. The smallest absolute Gasteiger partial charge is 0.220 e. The van der Waals surface area contributed by atoms with Crippen molar-refractivity contribution in [3.05, 3.63) is 29.8 Å². The van der Waals surface area contributed by atoms with Gasteiger partial charge in [0.15, 0.2) is 0 Å². The summed E-state index contributed by atoms with van der Waals surface area (Å²) in [7, 11) is 1.66. The fourth-order valence-electron chi connectivity index (χ4n) is 3.29. The Balaban J connectivity index is 0.00000264. The lowest BCUT2D eigenvalue weighted by molar-refractivity contribution is -0.122. The van der Waals surface area contributed by atoms with Gasteiger partial charge >= 0.3 is 0 Å². The van der Waals surface area contributed by atoms with E-state index < -0.39 is 0 Å². The first-order chi connectivity index (χ1) is 10.6. The first-order valence-corrected chi connectivity index (χ1v) is 8.27. The van der Waals surface area contributed by atoms with Crippen molar-refractivity contribution in [1.82, 2.24) is 5.32 Å². The maximum Gasteiger partial charge on any atom is 0.220 e. The summed E-state index contributed by atoms with van der Waals surface area (Å²) in [5, 5.41) is 3.20. The van der Waals surface area contributed by atoms with Crippen molar-refractivity contribution >= 4 is 18.3 Å². The van der Waals surface area contributed by atoms with Gasteiger partial charge in [-0.2, -0.15) is 0 Å². The minimum absolute atomic E-state index is 0. The molecule has 3 unspecified atom stereocenters. The van der Waals surface area contributed by atoms with E-state index in [0.717, 1.165) is 24.2 Å². The summed E-state index contributed by atoms with van der Waals surface area (Å²) in [5.41, 5.74) is 6.96. The van der Waals surface area contributed by atoms with E-state index in [1.54, 1.807) is 7.11 Å². The summed E-state index contributed by atoms with van der Waals surface area (Å²) in [4.78, 5) is 12.3. The normalized spacial score (nSPS) is 21.9. The number of amides is 1. The van der Waals surface area contributed by atoms with E-state index in [2.05, 4.69) is 12.2 Å². The van der Waals surface area contributed by atoms with E-state index in [4.69, 9.17) is 10.5 Å². The van der Waals surface area contributed by atoms with Crippen molar-refractivity contribution in [2.75, 3.05) is 13.7 Å². The Morgan fingerprint density at radius 2 is 2.13 bits per heavy atom. The van der Waals surface area contributed by atoms with E-state index >= 15 is 0 Å². The van der Waals surface area contributed by atoms with Gasteiger partial charge in [-0.25, -0.2) is 0 Å². The van der Waals surface area contributed by atoms with Gasteiger partial charge in [-0.15, -0.1) is 12.4 Å².